The molecule has 0 saturated carbocycles. The van der Waals surface area contributed by atoms with E-state index in [2.05, 4.69) is 52.4 Å². The molecule has 0 heterocycles. The van der Waals surface area contributed by atoms with Crippen molar-refractivity contribution >= 4 is 33.2 Å². The van der Waals surface area contributed by atoms with Crippen molar-refractivity contribution in [2.45, 2.75) is 25.8 Å². The van der Waals surface area contributed by atoms with Gasteiger partial charge in [-0.05, 0) is 46.1 Å². The van der Waals surface area contributed by atoms with Crippen molar-refractivity contribution in [3.63, 3.8) is 0 Å². The summed E-state index contributed by atoms with van der Waals surface area (Å²) in [7, 11) is 0. The van der Waals surface area contributed by atoms with Crippen LogP contribution in [0.1, 0.15) is 31.4 Å². The van der Waals surface area contributed by atoms with Gasteiger partial charge in [-0.25, -0.2) is 0 Å². The van der Waals surface area contributed by atoms with Crippen LogP contribution in [0.3, 0.4) is 0 Å². The number of hydrogen-bond donors (Lipinski definition) is 1. The lowest BCUT2D eigenvalue weighted by Gasteiger charge is -2.20. The van der Waals surface area contributed by atoms with E-state index in [0.717, 1.165) is 28.0 Å². The highest BCUT2D eigenvalue weighted by Crippen LogP contribution is 2.29. The van der Waals surface area contributed by atoms with Crippen LogP contribution in [-0.2, 0) is 0 Å². The van der Waals surface area contributed by atoms with Gasteiger partial charge in [-0.1, -0.05) is 55.3 Å². The summed E-state index contributed by atoms with van der Waals surface area (Å²) in [5.74, 6) is 0. The maximum Gasteiger partial charge on any atom is 0.0568 e. The first-order valence-corrected chi connectivity index (χ1v) is 7.64. The van der Waals surface area contributed by atoms with Crippen molar-refractivity contribution in [2.24, 2.45) is 0 Å². The van der Waals surface area contributed by atoms with Crippen molar-refractivity contribution in [1.82, 2.24) is 0 Å². The Labute approximate surface area is 128 Å². The average molecular weight is 339 g/mol. The highest BCUT2D eigenvalue weighted by Gasteiger charge is 2.10. The van der Waals surface area contributed by atoms with Gasteiger partial charge in [0.1, 0.15) is 0 Å². The molecule has 0 bridgehead atoms. The van der Waals surface area contributed by atoms with E-state index < -0.39 is 0 Å². The van der Waals surface area contributed by atoms with Gasteiger partial charge in [-0.3, -0.25) is 0 Å². The fourth-order valence-electron chi connectivity index (χ4n) is 2.08. The van der Waals surface area contributed by atoms with E-state index in [9.17, 15) is 0 Å². The van der Waals surface area contributed by atoms with Crippen molar-refractivity contribution in [3.8, 4) is 0 Å². The predicted octanol–water partition coefficient (Wildman–Crippen LogP) is 6.06. The molecule has 0 radical (unpaired) electrons. The summed E-state index contributed by atoms with van der Waals surface area (Å²) in [4.78, 5) is 0. The number of nitrogens with one attached hydrogen (secondary N) is 1. The summed E-state index contributed by atoms with van der Waals surface area (Å²) < 4.78 is 0.923. The van der Waals surface area contributed by atoms with Crippen LogP contribution in [0.5, 0.6) is 0 Å². The van der Waals surface area contributed by atoms with Crippen molar-refractivity contribution in [2.75, 3.05) is 5.32 Å². The molecule has 0 saturated heterocycles. The molecular weight excluding hydrogens is 322 g/mol. The van der Waals surface area contributed by atoms with Crippen LogP contribution >= 0.6 is 27.5 Å². The molecule has 0 aliphatic heterocycles. The zero-order chi connectivity index (χ0) is 13.7. The number of anilines is 1. The Morgan fingerprint density at radius 2 is 1.89 bits per heavy atom. The highest BCUT2D eigenvalue weighted by atomic mass is 79.9. The standard InChI is InChI=1S/C16H17BrClN/c1-2-6-16(12-7-4-3-5-8-12)19-13-9-10-14(17)15(18)11-13/h3-5,7-11,16,19H,2,6H2,1H3. The molecule has 19 heavy (non-hydrogen) atoms. The maximum absolute atomic E-state index is 6.13. The first-order chi connectivity index (χ1) is 9.20. The maximum atomic E-state index is 6.13. The van der Waals surface area contributed by atoms with Gasteiger partial charge in [0.25, 0.3) is 0 Å². The second kappa shape index (κ2) is 6.97. The van der Waals surface area contributed by atoms with Crippen LogP contribution in [0.15, 0.2) is 53.0 Å². The molecule has 0 spiro atoms. The number of rotatable bonds is 5. The Bertz CT molecular complexity index is 528. The smallest absolute Gasteiger partial charge is 0.0568 e. The van der Waals surface area contributed by atoms with Gasteiger partial charge in [0.2, 0.25) is 0 Å². The first-order valence-electron chi connectivity index (χ1n) is 6.47. The molecule has 0 fully saturated rings. The van der Waals surface area contributed by atoms with E-state index >= 15 is 0 Å². The largest absolute Gasteiger partial charge is 0.378 e. The van der Waals surface area contributed by atoms with E-state index in [1.165, 1.54) is 5.56 Å². The molecule has 1 atom stereocenters. The van der Waals surface area contributed by atoms with Crippen LogP contribution in [0.4, 0.5) is 5.69 Å². The quantitative estimate of drug-likeness (QED) is 0.699. The summed E-state index contributed by atoms with van der Waals surface area (Å²) >= 11 is 9.54. The van der Waals surface area contributed by atoms with Crippen LogP contribution in [-0.4, -0.2) is 0 Å². The third-order valence-corrected chi connectivity index (χ3v) is 4.27. The summed E-state index contributed by atoms with van der Waals surface area (Å²) in [6.07, 6.45) is 2.23. The Kier molecular flexibility index (Phi) is 5.29. The molecule has 1 unspecified atom stereocenters. The van der Waals surface area contributed by atoms with Gasteiger partial charge >= 0.3 is 0 Å². The van der Waals surface area contributed by atoms with Crippen LogP contribution in [0, 0.1) is 0 Å². The van der Waals surface area contributed by atoms with E-state index in [-0.39, 0.29) is 0 Å². The van der Waals surface area contributed by atoms with Gasteiger partial charge in [0.15, 0.2) is 0 Å². The topological polar surface area (TPSA) is 12.0 Å². The lowest BCUT2D eigenvalue weighted by atomic mass is 10.0. The summed E-state index contributed by atoms with van der Waals surface area (Å²) in [5.41, 5.74) is 2.36. The number of benzene rings is 2. The third-order valence-electron chi connectivity index (χ3n) is 3.04. The fourth-order valence-corrected chi connectivity index (χ4v) is 2.51. The molecule has 1 nitrogen and oxygen atoms in total. The van der Waals surface area contributed by atoms with Crippen molar-refractivity contribution < 1.29 is 0 Å². The Morgan fingerprint density at radius 3 is 2.53 bits per heavy atom. The normalized spacial score (nSPS) is 12.2. The summed E-state index contributed by atoms with van der Waals surface area (Å²) in [6, 6.07) is 16.8. The minimum Gasteiger partial charge on any atom is -0.378 e. The van der Waals surface area contributed by atoms with Gasteiger partial charge in [-0.2, -0.15) is 0 Å². The van der Waals surface area contributed by atoms with E-state index in [1.807, 2.05) is 24.3 Å². The zero-order valence-electron chi connectivity index (χ0n) is 10.9. The Hall–Kier alpha value is -0.990. The predicted molar refractivity (Wildman–Crippen MR) is 86.9 cm³/mol. The minimum absolute atomic E-state index is 0.323. The van der Waals surface area contributed by atoms with E-state index in [1.54, 1.807) is 0 Å². The highest BCUT2D eigenvalue weighted by molar-refractivity contribution is 9.10. The second-order valence-electron chi connectivity index (χ2n) is 4.53. The monoisotopic (exact) mass is 337 g/mol. The molecule has 2 rings (SSSR count). The van der Waals surface area contributed by atoms with Crippen LogP contribution in [0.2, 0.25) is 5.02 Å². The summed E-state index contributed by atoms with van der Waals surface area (Å²) in [6.45, 7) is 2.20. The first kappa shape index (κ1) is 14.4. The minimum atomic E-state index is 0.323. The SMILES string of the molecule is CCCC(Nc1ccc(Br)c(Cl)c1)c1ccccc1. The Morgan fingerprint density at radius 1 is 1.16 bits per heavy atom. The van der Waals surface area contributed by atoms with Crippen molar-refractivity contribution in [1.29, 1.82) is 0 Å². The van der Waals surface area contributed by atoms with Gasteiger partial charge in [0.05, 0.1) is 11.1 Å². The van der Waals surface area contributed by atoms with E-state index in [4.69, 9.17) is 11.6 Å². The molecule has 3 heteroatoms. The van der Waals surface area contributed by atoms with Gasteiger partial charge in [0, 0.05) is 10.2 Å². The fraction of sp³-hybridized carbons (Fsp3) is 0.250. The molecule has 2 aromatic rings. The van der Waals surface area contributed by atoms with Gasteiger partial charge < -0.3 is 5.32 Å². The average Bonchev–Trinajstić information content (AvgIpc) is 2.43. The van der Waals surface area contributed by atoms with E-state index in [0.29, 0.717) is 6.04 Å². The molecule has 1 N–H and O–H groups in total. The molecule has 100 valence electrons. The summed E-state index contributed by atoms with van der Waals surface area (Å²) in [5, 5.41) is 4.29. The zero-order valence-corrected chi connectivity index (χ0v) is 13.2. The molecule has 0 amide bonds. The molecule has 0 aliphatic rings. The molecule has 2 aromatic carbocycles. The van der Waals surface area contributed by atoms with Crippen molar-refractivity contribution in [3.05, 3.63) is 63.6 Å². The number of halogens is 2. The van der Waals surface area contributed by atoms with Crippen LogP contribution < -0.4 is 5.32 Å². The second-order valence-corrected chi connectivity index (χ2v) is 5.79. The number of hydrogen-bond acceptors (Lipinski definition) is 1. The molecule has 0 aromatic heterocycles. The van der Waals surface area contributed by atoms with Gasteiger partial charge in [-0.15, -0.1) is 0 Å². The lowest BCUT2D eigenvalue weighted by molar-refractivity contribution is 0.677. The molecular formula is C16H17BrClN. The lowest BCUT2D eigenvalue weighted by Crippen LogP contribution is -2.10. The Balaban J connectivity index is 2.19. The third kappa shape index (κ3) is 3.99. The van der Waals surface area contributed by atoms with Crippen LogP contribution in [0.25, 0.3) is 0 Å². The molecule has 0 aliphatic carbocycles.